The summed E-state index contributed by atoms with van der Waals surface area (Å²) in [6.45, 7) is 3.89. The van der Waals surface area contributed by atoms with Gasteiger partial charge < -0.3 is 5.32 Å². The largest absolute Gasteiger partial charge is 0.397 e. The summed E-state index contributed by atoms with van der Waals surface area (Å²) >= 11 is 0. The zero-order valence-corrected chi connectivity index (χ0v) is 12.3. The molecule has 7 heteroatoms. The Morgan fingerprint density at radius 3 is 2.45 bits per heavy atom. The van der Waals surface area contributed by atoms with Crippen molar-refractivity contribution >= 4 is 16.3 Å². The third-order valence-electron chi connectivity index (χ3n) is 2.97. The van der Waals surface area contributed by atoms with Crippen molar-refractivity contribution in [3.05, 3.63) is 35.4 Å². The van der Waals surface area contributed by atoms with Gasteiger partial charge in [-0.3, -0.25) is 9.35 Å². The van der Waals surface area contributed by atoms with Gasteiger partial charge in [-0.2, -0.15) is 8.42 Å². The normalized spacial score (nSPS) is 12.9. The second-order valence-electron chi connectivity index (χ2n) is 4.44. The molecule has 0 radical (unpaired) electrons. The van der Waals surface area contributed by atoms with Crippen LogP contribution in [-0.4, -0.2) is 32.0 Å². The number of carbonyl (C=O) groups is 1. The van der Waals surface area contributed by atoms with Gasteiger partial charge in [0.25, 0.3) is 5.91 Å². The van der Waals surface area contributed by atoms with E-state index in [-0.39, 0.29) is 19.1 Å². The van der Waals surface area contributed by atoms with E-state index in [9.17, 15) is 13.2 Å². The van der Waals surface area contributed by atoms with Crippen molar-refractivity contribution in [2.75, 3.05) is 13.2 Å². The van der Waals surface area contributed by atoms with Gasteiger partial charge in [0, 0.05) is 12.1 Å². The lowest BCUT2D eigenvalue weighted by atomic mass is 9.97. The van der Waals surface area contributed by atoms with Crippen LogP contribution in [0.3, 0.4) is 0 Å². The Morgan fingerprint density at radius 2 is 1.95 bits per heavy atom. The van der Waals surface area contributed by atoms with Crippen LogP contribution in [0.5, 0.6) is 0 Å². The molecule has 1 rings (SSSR count). The quantitative estimate of drug-likeness (QED) is 0.591. The van der Waals surface area contributed by atoms with Gasteiger partial charge in [0.1, 0.15) is 0 Å². The fraction of sp³-hybridized carbons (Fsp3) is 0.462. The maximum atomic E-state index is 11.7. The Balaban J connectivity index is 2.48. The van der Waals surface area contributed by atoms with E-state index in [1.807, 2.05) is 12.1 Å². The van der Waals surface area contributed by atoms with Gasteiger partial charge >= 0.3 is 10.4 Å². The fourth-order valence-corrected chi connectivity index (χ4v) is 1.91. The Hall–Kier alpha value is -1.44. The Morgan fingerprint density at radius 1 is 1.35 bits per heavy atom. The van der Waals surface area contributed by atoms with Gasteiger partial charge in [0.2, 0.25) is 0 Å². The molecule has 0 saturated heterocycles. The Labute approximate surface area is 119 Å². The van der Waals surface area contributed by atoms with Crippen molar-refractivity contribution in [1.29, 1.82) is 0 Å². The van der Waals surface area contributed by atoms with Gasteiger partial charge in [-0.15, -0.1) is 0 Å². The number of nitrogens with one attached hydrogen (secondary N) is 1. The maximum absolute atomic E-state index is 11.7. The third kappa shape index (κ3) is 5.68. The third-order valence-corrected chi connectivity index (χ3v) is 3.44. The first-order valence-corrected chi connectivity index (χ1v) is 7.70. The summed E-state index contributed by atoms with van der Waals surface area (Å²) in [7, 11) is -4.46. The minimum atomic E-state index is -4.46. The summed E-state index contributed by atoms with van der Waals surface area (Å²) < 4.78 is 33.0. The van der Waals surface area contributed by atoms with Crippen LogP contribution < -0.4 is 5.32 Å². The van der Waals surface area contributed by atoms with Crippen LogP contribution in [0.4, 0.5) is 0 Å². The Bertz CT molecular complexity index is 538. The first kappa shape index (κ1) is 16.6. The lowest BCUT2D eigenvalue weighted by Crippen LogP contribution is -2.28. The van der Waals surface area contributed by atoms with Gasteiger partial charge in [-0.1, -0.05) is 26.0 Å². The number of hydrogen-bond donors (Lipinski definition) is 2. The summed E-state index contributed by atoms with van der Waals surface area (Å²) in [5.74, 6) is 0.120. The first-order chi connectivity index (χ1) is 9.33. The van der Waals surface area contributed by atoms with E-state index in [1.54, 1.807) is 12.1 Å². The molecule has 0 fully saturated rings. The highest BCUT2D eigenvalue weighted by atomic mass is 32.3. The highest BCUT2D eigenvalue weighted by molar-refractivity contribution is 7.80. The number of amides is 1. The SMILES string of the molecule is CCC(C)c1ccc(C(=O)NCCOS(=O)(=O)O)cc1. The van der Waals surface area contributed by atoms with Crippen LogP contribution >= 0.6 is 0 Å². The van der Waals surface area contributed by atoms with Crippen molar-refractivity contribution in [1.82, 2.24) is 5.32 Å². The standard InChI is InChI=1S/C13H19NO5S/c1-3-10(2)11-4-6-12(7-5-11)13(15)14-8-9-19-20(16,17)18/h4-7,10H,3,8-9H2,1-2H3,(H,14,15)(H,16,17,18). The molecule has 1 unspecified atom stereocenters. The highest BCUT2D eigenvalue weighted by Gasteiger charge is 2.08. The van der Waals surface area contributed by atoms with E-state index in [0.29, 0.717) is 11.5 Å². The van der Waals surface area contributed by atoms with E-state index < -0.39 is 10.4 Å². The summed E-state index contributed by atoms with van der Waals surface area (Å²) in [5, 5.41) is 2.49. The predicted octanol–water partition coefficient (Wildman–Crippen LogP) is 1.75. The average Bonchev–Trinajstić information content (AvgIpc) is 2.41. The molecule has 0 bridgehead atoms. The highest BCUT2D eigenvalue weighted by Crippen LogP contribution is 2.18. The maximum Gasteiger partial charge on any atom is 0.397 e. The molecule has 0 aromatic heterocycles. The molecular weight excluding hydrogens is 282 g/mol. The predicted molar refractivity (Wildman–Crippen MR) is 75.0 cm³/mol. The van der Waals surface area contributed by atoms with Crippen LogP contribution in [-0.2, 0) is 14.6 Å². The molecule has 20 heavy (non-hydrogen) atoms. The van der Waals surface area contributed by atoms with Crippen LogP contribution in [0.25, 0.3) is 0 Å². The van der Waals surface area contributed by atoms with Gasteiger partial charge in [-0.05, 0) is 30.0 Å². The van der Waals surface area contributed by atoms with Crippen molar-refractivity contribution in [3.8, 4) is 0 Å². The van der Waals surface area contributed by atoms with Crippen LogP contribution in [0.2, 0.25) is 0 Å². The van der Waals surface area contributed by atoms with Gasteiger partial charge in [0.05, 0.1) is 6.61 Å². The molecule has 1 atom stereocenters. The monoisotopic (exact) mass is 301 g/mol. The minimum absolute atomic E-state index is 0.00820. The van der Waals surface area contributed by atoms with E-state index in [0.717, 1.165) is 6.42 Å². The molecule has 0 spiro atoms. The van der Waals surface area contributed by atoms with E-state index in [1.165, 1.54) is 5.56 Å². The number of hydrogen-bond acceptors (Lipinski definition) is 4. The smallest absolute Gasteiger partial charge is 0.350 e. The minimum Gasteiger partial charge on any atom is -0.350 e. The molecule has 0 aliphatic heterocycles. The number of rotatable bonds is 7. The molecule has 0 heterocycles. The fourth-order valence-electron chi connectivity index (χ4n) is 1.61. The molecule has 112 valence electrons. The van der Waals surface area contributed by atoms with Crippen molar-refractivity contribution in [2.24, 2.45) is 0 Å². The van der Waals surface area contributed by atoms with Gasteiger partial charge in [-0.25, -0.2) is 4.18 Å². The summed E-state index contributed by atoms with van der Waals surface area (Å²) in [4.78, 5) is 11.7. The van der Waals surface area contributed by atoms with E-state index in [4.69, 9.17) is 4.55 Å². The zero-order chi connectivity index (χ0) is 15.2. The Kier molecular flexibility index (Phi) is 6.12. The van der Waals surface area contributed by atoms with Gasteiger partial charge in [0.15, 0.2) is 0 Å². The number of carbonyl (C=O) groups excluding carboxylic acids is 1. The molecule has 1 aromatic rings. The molecule has 6 nitrogen and oxygen atoms in total. The van der Waals surface area contributed by atoms with Crippen LogP contribution in [0, 0.1) is 0 Å². The molecule has 2 N–H and O–H groups in total. The summed E-state index contributed by atoms with van der Waals surface area (Å²) in [6.07, 6.45) is 1.03. The zero-order valence-electron chi connectivity index (χ0n) is 11.5. The second kappa shape index (κ2) is 7.37. The van der Waals surface area contributed by atoms with Crippen molar-refractivity contribution in [2.45, 2.75) is 26.2 Å². The molecule has 1 amide bonds. The molecule has 0 aliphatic carbocycles. The first-order valence-electron chi connectivity index (χ1n) is 6.33. The van der Waals surface area contributed by atoms with Crippen LogP contribution in [0.1, 0.15) is 42.1 Å². The lowest BCUT2D eigenvalue weighted by Gasteiger charge is -2.10. The molecule has 0 aliphatic rings. The summed E-state index contributed by atoms with van der Waals surface area (Å²) in [5.41, 5.74) is 1.66. The number of benzene rings is 1. The molecule has 0 saturated carbocycles. The van der Waals surface area contributed by atoms with E-state index >= 15 is 0 Å². The summed E-state index contributed by atoms with van der Waals surface area (Å²) in [6, 6.07) is 7.25. The van der Waals surface area contributed by atoms with Crippen LogP contribution in [0.15, 0.2) is 24.3 Å². The second-order valence-corrected chi connectivity index (χ2v) is 5.53. The van der Waals surface area contributed by atoms with E-state index in [2.05, 4.69) is 23.3 Å². The topological polar surface area (TPSA) is 92.7 Å². The van der Waals surface area contributed by atoms with Crippen molar-refractivity contribution < 1.29 is 21.9 Å². The average molecular weight is 301 g/mol. The molecular formula is C13H19NO5S. The molecule has 1 aromatic carbocycles. The lowest BCUT2D eigenvalue weighted by molar-refractivity contribution is 0.0945. The van der Waals surface area contributed by atoms with Crippen molar-refractivity contribution in [3.63, 3.8) is 0 Å².